The molecule has 1 aliphatic heterocycles. The summed E-state index contributed by atoms with van der Waals surface area (Å²) in [4.78, 5) is 4.69. The number of aromatic hydroxyl groups is 1. The van der Waals surface area contributed by atoms with Gasteiger partial charge in [0.2, 0.25) is 5.75 Å². The highest BCUT2D eigenvalue weighted by atomic mass is 16.5. The lowest BCUT2D eigenvalue weighted by Gasteiger charge is -2.21. The Morgan fingerprint density at radius 3 is 2.38 bits per heavy atom. The molecule has 1 N–H and O–H groups in total. The molecule has 1 aliphatic rings. The predicted molar refractivity (Wildman–Crippen MR) is 83.1 cm³/mol. The molecule has 0 aliphatic carbocycles. The van der Waals surface area contributed by atoms with Gasteiger partial charge in [0.05, 0.1) is 14.2 Å². The normalized spacial score (nSPS) is 19.2. The van der Waals surface area contributed by atoms with Crippen LogP contribution in [-0.2, 0) is 6.54 Å². The monoisotopic (exact) mass is 294 g/mol. The molecule has 0 saturated carbocycles. The van der Waals surface area contributed by atoms with Gasteiger partial charge in [-0.05, 0) is 50.7 Å². The lowest BCUT2D eigenvalue weighted by atomic mass is 10.1. The third-order valence-corrected chi connectivity index (χ3v) is 4.05. The Balaban J connectivity index is 2.01. The fourth-order valence-electron chi connectivity index (χ4n) is 3.03. The second-order valence-corrected chi connectivity index (χ2v) is 5.96. The van der Waals surface area contributed by atoms with Gasteiger partial charge in [-0.1, -0.05) is 0 Å². The molecule has 1 heterocycles. The van der Waals surface area contributed by atoms with Gasteiger partial charge in [-0.3, -0.25) is 0 Å². The van der Waals surface area contributed by atoms with Crippen molar-refractivity contribution < 1.29 is 14.6 Å². The summed E-state index contributed by atoms with van der Waals surface area (Å²) in [6, 6.07) is 3.74. The van der Waals surface area contributed by atoms with E-state index < -0.39 is 0 Å². The van der Waals surface area contributed by atoms with Gasteiger partial charge in [0.15, 0.2) is 11.5 Å². The van der Waals surface area contributed by atoms with E-state index in [0.717, 1.165) is 24.6 Å². The Kier molecular flexibility index (Phi) is 5.31. The summed E-state index contributed by atoms with van der Waals surface area (Å²) in [7, 11) is 7.41. The van der Waals surface area contributed by atoms with Crippen LogP contribution in [0, 0.1) is 5.92 Å². The highest BCUT2D eigenvalue weighted by molar-refractivity contribution is 5.52. The van der Waals surface area contributed by atoms with Crippen LogP contribution in [0.4, 0.5) is 0 Å². The first-order valence-electron chi connectivity index (χ1n) is 7.34. The fourth-order valence-corrected chi connectivity index (χ4v) is 3.03. The minimum atomic E-state index is 0.0591. The number of rotatable bonds is 6. The number of nitrogens with zero attached hydrogens (tertiary/aromatic N) is 2. The van der Waals surface area contributed by atoms with Crippen molar-refractivity contribution in [3.05, 3.63) is 17.7 Å². The molecule has 1 atom stereocenters. The molecule has 1 aromatic carbocycles. The molecule has 118 valence electrons. The molecule has 1 saturated heterocycles. The smallest absolute Gasteiger partial charge is 0.200 e. The van der Waals surface area contributed by atoms with Gasteiger partial charge in [-0.15, -0.1) is 0 Å². The van der Waals surface area contributed by atoms with Crippen LogP contribution >= 0.6 is 0 Å². The van der Waals surface area contributed by atoms with E-state index in [1.807, 2.05) is 12.1 Å². The lowest BCUT2D eigenvalue weighted by molar-refractivity contribution is 0.266. The molecular weight excluding hydrogens is 268 g/mol. The third-order valence-electron chi connectivity index (χ3n) is 4.05. The first kappa shape index (κ1) is 15.9. The zero-order chi connectivity index (χ0) is 15.4. The summed E-state index contributed by atoms with van der Waals surface area (Å²) in [6.07, 6.45) is 1.27. The summed E-state index contributed by atoms with van der Waals surface area (Å²) in [5.74, 6) is 1.71. The molecule has 0 spiro atoms. The van der Waals surface area contributed by atoms with Crippen molar-refractivity contribution in [1.29, 1.82) is 0 Å². The number of methoxy groups -OCH3 is 2. The molecule has 5 nitrogen and oxygen atoms in total. The quantitative estimate of drug-likeness (QED) is 0.866. The van der Waals surface area contributed by atoms with E-state index in [4.69, 9.17) is 9.47 Å². The molecule has 21 heavy (non-hydrogen) atoms. The first-order valence-corrected chi connectivity index (χ1v) is 7.34. The van der Waals surface area contributed by atoms with E-state index in [1.54, 1.807) is 14.2 Å². The molecule has 1 aromatic rings. The van der Waals surface area contributed by atoms with E-state index in [2.05, 4.69) is 23.9 Å². The van der Waals surface area contributed by atoms with Crippen LogP contribution in [0.25, 0.3) is 0 Å². The van der Waals surface area contributed by atoms with Crippen molar-refractivity contribution in [2.75, 3.05) is 47.9 Å². The standard InChI is InChI=1S/C16H26N2O3/c1-17-6-5-12(9-17)10-18(2)11-13-7-14(20-3)16(19)15(8-13)21-4/h7-8,12,19H,5-6,9-11H2,1-4H3. The van der Waals surface area contributed by atoms with Gasteiger partial charge < -0.3 is 24.4 Å². The molecule has 0 aromatic heterocycles. The van der Waals surface area contributed by atoms with Crippen molar-refractivity contribution in [2.24, 2.45) is 5.92 Å². The molecule has 0 radical (unpaired) electrons. The van der Waals surface area contributed by atoms with Crippen LogP contribution in [0.2, 0.25) is 0 Å². The SMILES string of the molecule is COc1cc(CN(C)CC2CCN(C)C2)cc(OC)c1O. The van der Waals surface area contributed by atoms with Crippen LogP contribution in [0.1, 0.15) is 12.0 Å². The molecule has 5 heteroatoms. The van der Waals surface area contributed by atoms with Crippen molar-refractivity contribution in [1.82, 2.24) is 9.80 Å². The number of phenols is 1. The summed E-state index contributed by atoms with van der Waals surface area (Å²) in [5.41, 5.74) is 1.08. The average Bonchev–Trinajstić information content (AvgIpc) is 2.85. The third kappa shape index (κ3) is 4.02. The summed E-state index contributed by atoms with van der Waals surface area (Å²) >= 11 is 0. The Bertz CT molecular complexity index is 454. The van der Waals surface area contributed by atoms with E-state index in [9.17, 15) is 5.11 Å². The highest BCUT2D eigenvalue weighted by Crippen LogP contribution is 2.37. The number of benzene rings is 1. The predicted octanol–water partition coefficient (Wildman–Crippen LogP) is 1.79. The Hall–Kier alpha value is -1.46. The molecule has 1 fully saturated rings. The van der Waals surface area contributed by atoms with Gasteiger partial charge in [-0.25, -0.2) is 0 Å². The maximum absolute atomic E-state index is 9.94. The minimum Gasteiger partial charge on any atom is -0.502 e. The molecular formula is C16H26N2O3. The first-order chi connectivity index (χ1) is 10.0. The molecule has 2 rings (SSSR count). The largest absolute Gasteiger partial charge is 0.502 e. The lowest BCUT2D eigenvalue weighted by Crippen LogP contribution is -2.27. The fraction of sp³-hybridized carbons (Fsp3) is 0.625. The molecule has 0 amide bonds. The van der Waals surface area contributed by atoms with Crippen LogP contribution in [0.3, 0.4) is 0 Å². The maximum atomic E-state index is 9.94. The van der Waals surface area contributed by atoms with Gasteiger partial charge in [0, 0.05) is 19.6 Å². The van der Waals surface area contributed by atoms with Gasteiger partial charge >= 0.3 is 0 Å². The summed E-state index contributed by atoms with van der Waals surface area (Å²) < 4.78 is 10.4. The van der Waals surface area contributed by atoms with Crippen LogP contribution in [-0.4, -0.2) is 62.9 Å². The zero-order valence-electron chi connectivity index (χ0n) is 13.4. The van der Waals surface area contributed by atoms with Gasteiger partial charge in [0.1, 0.15) is 0 Å². The van der Waals surface area contributed by atoms with Crippen LogP contribution in [0.15, 0.2) is 12.1 Å². The maximum Gasteiger partial charge on any atom is 0.200 e. The number of hydrogen-bond acceptors (Lipinski definition) is 5. The van der Waals surface area contributed by atoms with Crippen molar-refractivity contribution >= 4 is 0 Å². The summed E-state index contributed by atoms with van der Waals surface area (Å²) in [6.45, 7) is 4.26. The second-order valence-electron chi connectivity index (χ2n) is 5.96. The number of phenolic OH excluding ortho intramolecular Hbond substituents is 1. The molecule has 0 bridgehead atoms. The minimum absolute atomic E-state index is 0.0591. The number of ether oxygens (including phenoxy) is 2. The van der Waals surface area contributed by atoms with Crippen LogP contribution in [0.5, 0.6) is 17.2 Å². The van der Waals surface area contributed by atoms with Crippen molar-refractivity contribution in [3.8, 4) is 17.2 Å². The molecule has 1 unspecified atom stereocenters. The van der Waals surface area contributed by atoms with E-state index in [0.29, 0.717) is 11.5 Å². The van der Waals surface area contributed by atoms with Crippen molar-refractivity contribution in [3.63, 3.8) is 0 Å². The highest BCUT2D eigenvalue weighted by Gasteiger charge is 2.21. The topological polar surface area (TPSA) is 45.2 Å². The van der Waals surface area contributed by atoms with E-state index in [1.165, 1.54) is 19.5 Å². The Morgan fingerprint density at radius 2 is 1.90 bits per heavy atom. The Morgan fingerprint density at radius 1 is 1.29 bits per heavy atom. The second kappa shape index (κ2) is 7.00. The zero-order valence-corrected chi connectivity index (χ0v) is 13.4. The average molecular weight is 294 g/mol. The summed E-state index contributed by atoms with van der Waals surface area (Å²) in [5, 5.41) is 9.94. The van der Waals surface area contributed by atoms with E-state index in [-0.39, 0.29) is 5.75 Å². The Labute approximate surface area is 127 Å². The van der Waals surface area contributed by atoms with Crippen molar-refractivity contribution in [2.45, 2.75) is 13.0 Å². The van der Waals surface area contributed by atoms with E-state index >= 15 is 0 Å². The number of likely N-dealkylation sites (tertiary alicyclic amines) is 1. The van der Waals surface area contributed by atoms with Gasteiger partial charge in [-0.2, -0.15) is 0 Å². The van der Waals surface area contributed by atoms with Gasteiger partial charge in [0.25, 0.3) is 0 Å². The number of hydrogen-bond donors (Lipinski definition) is 1. The van der Waals surface area contributed by atoms with Crippen LogP contribution < -0.4 is 9.47 Å².